The van der Waals surface area contributed by atoms with E-state index in [1.807, 2.05) is 19.1 Å². The van der Waals surface area contributed by atoms with Gasteiger partial charge in [-0.15, -0.1) is 0 Å². The van der Waals surface area contributed by atoms with Crippen molar-refractivity contribution in [2.75, 3.05) is 20.8 Å². The smallest absolute Gasteiger partial charge is 0.193 e. The lowest BCUT2D eigenvalue weighted by molar-refractivity contribution is -0.0519. The molecule has 0 radical (unpaired) electrons. The third-order valence-corrected chi connectivity index (χ3v) is 11.2. The van der Waals surface area contributed by atoms with Crippen molar-refractivity contribution < 1.29 is 18.6 Å². The zero-order chi connectivity index (χ0) is 22.5. The van der Waals surface area contributed by atoms with E-state index < -0.39 is 8.32 Å². The molecule has 0 N–H and O–H groups in total. The highest BCUT2D eigenvalue weighted by molar-refractivity contribution is 6.74. The largest absolute Gasteiger partial charge is 0.496 e. The van der Waals surface area contributed by atoms with Crippen LogP contribution < -0.4 is 9.47 Å². The molecule has 1 saturated carbocycles. The predicted octanol–water partition coefficient (Wildman–Crippen LogP) is 6.17. The Morgan fingerprint density at radius 2 is 1.70 bits per heavy atom. The number of benzene rings is 1. The lowest BCUT2D eigenvalue weighted by Crippen LogP contribution is -2.44. The molecule has 0 aromatic heterocycles. The summed E-state index contributed by atoms with van der Waals surface area (Å²) in [6.45, 7) is 13.8. The summed E-state index contributed by atoms with van der Waals surface area (Å²) in [6, 6.07) is 6.33. The van der Waals surface area contributed by atoms with Crippen LogP contribution in [0, 0.1) is 24.2 Å². The Morgan fingerprint density at radius 1 is 1.13 bits per heavy atom. The summed E-state index contributed by atoms with van der Waals surface area (Å²) in [5.74, 6) is 2.10. The van der Waals surface area contributed by atoms with Crippen LogP contribution in [0.2, 0.25) is 18.1 Å². The molecule has 0 bridgehead atoms. The second-order valence-electron chi connectivity index (χ2n) is 9.88. The Balaban J connectivity index is 2.47. The van der Waals surface area contributed by atoms with E-state index in [2.05, 4.69) is 39.9 Å². The lowest BCUT2D eigenvalue weighted by Gasteiger charge is -2.41. The molecule has 0 amide bonds. The molecule has 0 saturated heterocycles. The fraction of sp³-hybridized carbons (Fsp3) is 0.708. The first-order chi connectivity index (χ1) is 14.0. The van der Waals surface area contributed by atoms with Crippen molar-refractivity contribution in [2.24, 2.45) is 5.92 Å². The maximum atomic E-state index is 9.55. The van der Waals surface area contributed by atoms with E-state index in [0.717, 1.165) is 22.6 Å². The van der Waals surface area contributed by atoms with Gasteiger partial charge >= 0.3 is 0 Å². The maximum Gasteiger partial charge on any atom is 0.193 e. The first-order valence-corrected chi connectivity index (χ1v) is 13.8. The first kappa shape index (κ1) is 24.7. The van der Waals surface area contributed by atoms with E-state index in [0.29, 0.717) is 12.5 Å². The van der Waals surface area contributed by atoms with Crippen molar-refractivity contribution in [3.8, 4) is 17.6 Å². The van der Waals surface area contributed by atoms with Crippen LogP contribution in [0.3, 0.4) is 0 Å². The highest BCUT2D eigenvalue weighted by Crippen LogP contribution is 2.43. The molecule has 1 aliphatic rings. The van der Waals surface area contributed by atoms with Gasteiger partial charge in [-0.05, 0) is 61.5 Å². The fourth-order valence-corrected chi connectivity index (χ4v) is 4.66. The fourth-order valence-electron chi connectivity index (χ4n) is 3.39. The van der Waals surface area contributed by atoms with Crippen molar-refractivity contribution in [3.05, 3.63) is 23.3 Å². The Labute approximate surface area is 183 Å². The summed E-state index contributed by atoms with van der Waals surface area (Å²) >= 11 is 0. The van der Waals surface area contributed by atoms with Gasteiger partial charge in [-0.25, -0.2) is 0 Å². The number of nitrogens with zero attached hydrogens (tertiary/aromatic N) is 1. The molecule has 0 heterocycles. The van der Waals surface area contributed by atoms with E-state index in [9.17, 15) is 5.26 Å². The van der Waals surface area contributed by atoms with Gasteiger partial charge in [0, 0.05) is 12.2 Å². The Bertz CT molecular complexity index is 722. The van der Waals surface area contributed by atoms with Gasteiger partial charge in [-0.1, -0.05) is 27.2 Å². The molecular formula is C24H39NO4Si. The number of ether oxygens (including phenoxy) is 3. The van der Waals surface area contributed by atoms with E-state index in [1.165, 1.54) is 19.3 Å². The molecule has 0 spiro atoms. The maximum absolute atomic E-state index is 9.55. The number of methoxy groups -OCH3 is 2. The molecule has 30 heavy (non-hydrogen) atoms. The molecule has 1 fully saturated rings. The average molecular weight is 434 g/mol. The van der Waals surface area contributed by atoms with Crippen molar-refractivity contribution in [1.82, 2.24) is 0 Å². The number of hydrogen-bond donors (Lipinski definition) is 0. The molecule has 2 unspecified atom stereocenters. The van der Waals surface area contributed by atoms with Gasteiger partial charge in [0.1, 0.15) is 11.5 Å². The second kappa shape index (κ2) is 10.2. The van der Waals surface area contributed by atoms with Crippen molar-refractivity contribution in [1.29, 1.82) is 5.26 Å². The van der Waals surface area contributed by atoms with E-state index in [-0.39, 0.29) is 23.7 Å². The van der Waals surface area contributed by atoms with E-state index in [4.69, 9.17) is 18.6 Å². The molecule has 5 nitrogen and oxygen atoms in total. The van der Waals surface area contributed by atoms with Crippen LogP contribution in [-0.4, -0.2) is 35.2 Å². The van der Waals surface area contributed by atoms with Gasteiger partial charge in [0.25, 0.3) is 0 Å². The van der Waals surface area contributed by atoms with Crippen LogP contribution in [0.1, 0.15) is 63.7 Å². The zero-order valence-corrected chi connectivity index (χ0v) is 21.0. The summed E-state index contributed by atoms with van der Waals surface area (Å²) in [6.07, 6.45) is 3.28. The minimum absolute atomic E-state index is 0.0370. The van der Waals surface area contributed by atoms with Gasteiger partial charge in [-0.2, -0.15) is 5.26 Å². The van der Waals surface area contributed by atoms with Gasteiger partial charge < -0.3 is 18.6 Å². The van der Waals surface area contributed by atoms with Crippen molar-refractivity contribution in [3.63, 3.8) is 0 Å². The number of hydrogen-bond acceptors (Lipinski definition) is 5. The predicted molar refractivity (Wildman–Crippen MR) is 123 cm³/mol. The summed E-state index contributed by atoms with van der Waals surface area (Å²) in [5.41, 5.74) is 1.88. The average Bonchev–Trinajstić information content (AvgIpc) is 2.63. The molecule has 6 heteroatoms. The van der Waals surface area contributed by atoms with Crippen LogP contribution in [-0.2, 0) is 9.16 Å². The summed E-state index contributed by atoms with van der Waals surface area (Å²) in [5, 5.41) is 9.59. The minimum Gasteiger partial charge on any atom is -0.496 e. The van der Waals surface area contributed by atoms with Crippen LogP contribution in [0.5, 0.6) is 11.5 Å². The molecule has 2 atom stereocenters. The third kappa shape index (κ3) is 5.78. The number of rotatable bonds is 10. The van der Waals surface area contributed by atoms with Crippen LogP contribution in [0.15, 0.2) is 12.1 Å². The van der Waals surface area contributed by atoms with Crippen LogP contribution >= 0.6 is 0 Å². The van der Waals surface area contributed by atoms with Gasteiger partial charge in [0.15, 0.2) is 8.32 Å². The Hall–Kier alpha value is -1.55. The topological polar surface area (TPSA) is 60.7 Å². The van der Waals surface area contributed by atoms with Crippen molar-refractivity contribution >= 4 is 8.32 Å². The highest BCUT2D eigenvalue weighted by Gasteiger charge is 2.42. The van der Waals surface area contributed by atoms with Crippen molar-refractivity contribution in [2.45, 2.75) is 83.7 Å². The molecule has 1 aliphatic carbocycles. The number of nitriles is 1. The SMILES string of the molecule is COc1cc(C(O[Si](C)(C)C(C)(C)C)C(CC#N)OCC2CCC2)cc(OC)c1C. The highest BCUT2D eigenvalue weighted by atomic mass is 28.4. The second-order valence-corrected chi connectivity index (χ2v) is 14.6. The summed E-state index contributed by atoms with van der Waals surface area (Å²) in [7, 11) is 1.19. The molecule has 0 aliphatic heterocycles. The lowest BCUT2D eigenvalue weighted by atomic mass is 9.86. The standard InChI is InChI=1S/C24H39NO4Si/c1-17-21(26-5)14-19(15-22(17)27-6)23(29-30(7,8)24(2,3)4)20(12-13-25)28-16-18-10-9-11-18/h14-15,18,20,23H,9-12,16H2,1-8H3. The van der Waals surface area contributed by atoms with E-state index >= 15 is 0 Å². The Morgan fingerprint density at radius 3 is 2.10 bits per heavy atom. The molecule has 1 aromatic carbocycles. The third-order valence-electron chi connectivity index (χ3n) is 6.73. The van der Waals surface area contributed by atoms with Gasteiger partial charge in [-0.3, -0.25) is 0 Å². The van der Waals surface area contributed by atoms with E-state index in [1.54, 1.807) is 14.2 Å². The molecular weight excluding hydrogens is 394 g/mol. The zero-order valence-electron chi connectivity index (χ0n) is 20.0. The molecule has 168 valence electrons. The first-order valence-electron chi connectivity index (χ1n) is 10.9. The minimum atomic E-state index is -2.13. The molecule has 2 rings (SSSR count). The summed E-state index contributed by atoms with van der Waals surface area (Å²) in [4.78, 5) is 0. The van der Waals surface area contributed by atoms with Gasteiger partial charge in [0.05, 0.1) is 38.9 Å². The van der Waals surface area contributed by atoms with Gasteiger partial charge in [0.2, 0.25) is 0 Å². The van der Waals surface area contributed by atoms with Crippen LogP contribution in [0.25, 0.3) is 0 Å². The Kier molecular flexibility index (Phi) is 8.38. The normalized spacial score (nSPS) is 17.0. The van der Waals surface area contributed by atoms with Crippen LogP contribution in [0.4, 0.5) is 0 Å². The quantitative estimate of drug-likeness (QED) is 0.413. The monoisotopic (exact) mass is 433 g/mol. The summed E-state index contributed by atoms with van der Waals surface area (Å²) < 4.78 is 24.4. The molecule has 1 aromatic rings.